The summed E-state index contributed by atoms with van der Waals surface area (Å²) >= 11 is 0. The molecule has 0 aromatic rings. The standard InChI is InChI=1S/C19H27FO2/c1-18-7-4-3-5-11(18)9-15(21)16-12(18)6-8-19(2)13(16)10-14(20)17(19)22/h5,12-16,21H,3-4,6-10H2,1-2H3/t12-,13+,14?,15?,16-,18+,19+/m1/s1. The molecule has 4 rings (SSSR count). The van der Waals surface area contributed by atoms with Gasteiger partial charge in [0.25, 0.3) is 0 Å². The fraction of sp³-hybridized carbons (Fsp3) is 0.842. The largest absolute Gasteiger partial charge is 0.392 e. The minimum absolute atomic E-state index is 0.0315. The molecule has 3 fully saturated rings. The summed E-state index contributed by atoms with van der Waals surface area (Å²) < 4.78 is 14.1. The van der Waals surface area contributed by atoms with E-state index in [-0.39, 0.29) is 23.0 Å². The van der Waals surface area contributed by atoms with Crippen LogP contribution in [0.15, 0.2) is 11.6 Å². The van der Waals surface area contributed by atoms with E-state index in [4.69, 9.17) is 0 Å². The van der Waals surface area contributed by atoms with Crippen molar-refractivity contribution < 1.29 is 14.3 Å². The van der Waals surface area contributed by atoms with Crippen LogP contribution in [0.4, 0.5) is 4.39 Å². The third kappa shape index (κ3) is 1.72. The molecule has 0 aromatic heterocycles. The van der Waals surface area contributed by atoms with Crippen LogP contribution in [0.2, 0.25) is 0 Å². The lowest BCUT2D eigenvalue weighted by Gasteiger charge is -2.58. The minimum atomic E-state index is -1.31. The normalized spacial score (nSPS) is 54.3. The minimum Gasteiger partial charge on any atom is -0.392 e. The Morgan fingerprint density at radius 1 is 1.23 bits per heavy atom. The van der Waals surface area contributed by atoms with Gasteiger partial charge in [-0.2, -0.15) is 0 Å². The highest BCUT2D eigenvalue weighted by Crippen LogP contribution is 2.64. The molecule has 122 valence electrons. The number of hydrogen-bond donors (Lipinski definition) is 1. The molecule has 0 aliphatic heterocycles. The first-order valence-corrected chi connectivity index (χ1v) is 8.94. The third-order valence-electron chi connectivity index (χ3n) is 7.75. The zero-order chi connectivity index (χ0) is 15.7. The van der Waals surface area contributed by atoms with Gasteiger partial charge in [0.1, 0.15) is 0 Å². The lowest BCUT2D eigenvalue weighted by molar-refractivity contribution is -0.140. The molecule has 0 saturated heterocycles. The number of rotatable bonds is 0. The van der Waals surface area contributed by atoms with Gasteiger partial charge < -0.3 is 5.11 Å². The van der Waals surface area contributed by atoms with E-state index in [1.807, 2.05) is 6.92 Å². The van der Waals surface area contributed by atoms with Gasteiger partial charge in [0.15, 0.2) is 12.0 Å². The lowest BCUT2D eigenvalue weighted by atomic mass is 9.47. The summed E-state index contributed by atoms with van der Waals surface area (Å²) in [7, 11) is 0. The van der Waals surface area contributed by atoms with Gasteiger partial charge in [0.05, 0.1) is 6.10 Å². The molecule has 7 atom stereocenters. The summed E-state index contributed by atoms with van der Waals surface area (Å²) in [4.78, 5) is 12.3. The van der Waals surface area contributed by atoms with Crippen molar-refractivity contribution in [2.24, 2.45) is 28.6 Å². The van der Waals surface area contributed by atoms with E-state index in [0.717, 1.165) is 25.7 Å². The van der Waals surface area contributed by atoms with Crippen molar-refractivity contribution in [3.63, 3.8) is 0 Å². The number of carbonyl (C=O) groups excluding carboxylic acids is 1. The Bertz CT molecular complexity index is 542. The number of halogens is 1. The Kier molecular flexibility index (Phi) is 3.15. The van der Waals surface area contributed by atoms with Gasteiger partial charge in [0.2, 0.25) is 0 Å². The van der Waals surface area contributed by atoms with Crippen LogP contribution in [0.1, 0.15) is 58.8 Å². The van der Waals surface area contributed by atoms with Crippen LogP contribution in [0.5, 0.6) is 0 Å². The van der Waals surface area contributed by atoms with Crippen LogP contribution in [0.3, 0.4) is 0 Å². The Hall–Kier alpha value is -0.700. The second-order valence-corrected chi connectivity index (χ2v) is 8.62. The van der Waals surface area contributed by atoms with E-state index in [2.05, 4.69) is 13.0 Å². The number of fused-ring (bicyclic) bond motifs is 5. The van der Waals surface area contributed by atoms with Gasteiger partial charge in [-0.3, -0.25) is 4.79 Å². The lowest BCUT2D eigenvalue weighted by Crippen LogP contribution is -2.55. The molecule has 0 heterocycles. The molecule has 4 aliphatic carbocycles. The molecule has 3 saturated carbocycles. The van der Waals surface area contributed by atoms with E-state index < -0.39 is 17.7 Å². The molecule has 22 heavy (non-hydrogen) atoms. The smallest absolute Gasteiger partial charge is 0.173 e. The molecule has 1 N–H and O–H groups in total. The molecule has 0 spiro atoms. The molecule has 2 unspecified atom stereocenters. The number of hydrogen-bond acceptors (Lipinski definition) is 2. The number of carbonyl (C=O) groups is 1. The summed E-state index contributed by atoms with van der Waals surface area (Å²) in [5, 5.41) is 10.8. The zero-order valence-corrected chi connectivity index (χ0v) is 13.6. The summed E-state index contributed by atoms with van der Waals surface area (Å²) in [6.07, 6.45) is 6.99. The molecule has 3 heteroatoms. The van der Waals surface area contributed by atoms with Gasteiger partial charge in [0, 0.05) is 5.41 Å². The van der Waals surface area contributed by atoms with Crippen molar-refractivity contribution >= 4 is 5.78 Å². The first-order valence-electron chi connectivity index (χ1n) is 8.94. The van der Waals surface area contributed by atoms with Gasteiger partial charge in [-0.15, -0.1) is 0 Å². The third-order valence-corrected chi connectivity index (χ3v) is 7.75. The van der Waals surface area contributed by atoms with Crippen molar-refractivity contribution in [3.05, 3.63) is 11.6 Å². The number of ketones is 1. The maximum Gasteiger partial charge on any atom is 0.173 e. The fourth-order valence-electron chi connectivity index (χ4n) is 6.47. The Morgan fingerprint density at radius 3 is 2.77 bits per heavy atom. The first-order chi connectivity index (χ1) is 10.4. The highest BCUT2D eigenvalue weighted by atomic mass is 19.1. The van der Waals surface area contributed by atoms with Gasteiger partial charge in [-0.1, -0.05) is 25.5 Å². The number of aliphatic hydroxyl groups is 1. The second-order valence-electron chi connectivity index (χ2n) is 8.62. The zero-order valence-electron chi connectivity index (χ0n) is 13.6. The van der Waals surface area contributed by atoms with Crippen molar-refractivity contribution in [1.29, 1.82) is 0 Å². The predicted molar refractivity (Wildman–Crippen MR) is 83.0 cm³/mol. The highest BCUT2D eigenvalue weighted by Gasteiger charge is 2.63. The molecule has 2 nitrogen and oxygen atoms in total. The second kappa shape index (κ2) is 4.66. The fourth-order valence-corrected chi connectivity index (χ4v) is 6.47. The van der Waals surface area contributed by atoms with Crippen molar-refractivity contribution in [3.8, 4) is 0 Å². The van der Waals surface area contributed by atoms with E-state index in [9.17, 15) is 14.3 Å². The molecule has 4 aliphatic rings. The number of aliphatic hydroxyl groups excluding tert-OH is 1. The van der Waals surface area contributed by atoms with E-state index in [0.29, 0.717) is 12.3 Å². The van der Waals surface area contributed by atoms with Crippen LogP contribution in [-0.2, 0) is 4.79 Å². The molecule has 0 bridgehead atoms. The summed E-state index contributed by atoms with van der Waals surface area (Å²) in [5.41, 5.74) is 1.06. The Morgan fingerprint density at radius 2 is 2.00 bits per heavy atom. The van der Waals surface area contributed by atoms with Crippen molar-refractivity contribution in [1.82, 2.24) is 0 Å². The van der Waals surface area contributed by atoms with Gasteiger partial charge in [-0.25, -0.2) is 4.39 Å². The predicted octanol–water partition coefficient (Wildman–Crippen LogP) is 3.83. The SMILES string of the molecule is C[C@]12CCCC=C1CC(O)[C@@H]1[C@H]2CC[C@]2(C)C(=O)C(F)C[C@@H]12. The van der Waals surface area contributed by atoms with E-state index in [1.165, 1.54) is 18.4 Å². The van der Waals surface area contributed by atoms with E-state index >= 15 is 0 Å². The maximum absolute atomic E-state index is 14.1. The number of Topliss-reactive ketones (excluding diaryl/α,β-unsaturated/α-hetero) is 1. The number of alkyl halides is 1. The number of allylic oxidation sites excluding steroid dienone is 1. The highest BCUT2D eigenvalue weighted by molar-refractivity contribution is 5.91. The van der Waals surface area contributed by atoms with Crippen LogP contribution >= 0.6 is 0 Å². The average molecular weight is 306 g/mol. The first kappa shape index (κ1) is 14.9. The summed E-state index contributed by atoms with van der Waals surface area (Å²) in [6, 6.07) is 0. The van der Waals surface area contributed by atoms with Crippen LogP contribution in [-0.4, -0.2) is 23.2 Å². The molecule has 0 radical (unpaired) electrons. The monoisotopic (exact) mass is 306 g/mol. The molecule has 0 aromatic carbocycles. The molecular formula is C19H27FO2. The molecule has 0 amide bonds. The van der Waals surface area contributed by atoms with Gasteiger partial charge in [-0.05, 0) is 68.1 Å². The van der Waals surface area contributed by atoms with Crippen LogP contribution in [0, 0.1) is 28.6 Å². The summed E-state index contributed by atoms with van der Waals surface area (Å²) in [6.45, 7) is 4.31. The average Bonchev–Trinajstić information content (AvgIpc) is 2.71. The van der Waals surface area contributed by atoms with Crippen LogP contribution < -0.4 is 0 Å². The quantitative estimate of drug-likeness (QED) is 0.691. The Balaban J connectivity index is 1.75. The summed E-state index contributed by atoms with van der Waals surface area (Å²) in [5.74, 6) is 0.352. The van der Waals surface area contributed by atoms with E-state index in [1.54, 1.807) is 0 Å². The van der Waals surface area contributed by atoms with Crippen LogP contribution in [0.25, 0.3) is 0 Å². The topological polar surface area (TPSA) is 37.3 Å². The van der Waals surface area contributed by atoms with Crippen molar-refractivity contribution in [2.45, 2.75) is 71.1 Å². The maximum atomic E-state index is 14.1. The van der Waals surface area contributed by atoms with Gasteiger partial charge >= 0.3 is 0 Å². The van der Waals surface area contributed by atoms with Crippen molar-refractivity contribution in [2.75, 3.05) is 0 Å². The molecular weight excluding hydrogens is 279 g/mol. The Labute approximate surface area is 132 Å².